The third kappa shape index (κ3) is 3.18. The van der Waals surface area contributed by atoms with Crippen molar-refractivity contribution in [3.8, 4) is 0 Å². The van der Waals surface area contributed by atoms with Crippen molar-refractivity contribution in [2.45, 2.75) is 40.0 Å². The molecule has 0 fully saturated rings. The van der Waals surface area contributed by atoms with Gasteiger partial charge in [-0.05, 0) is 37.3 Å². The Kier molecular flexibility index (Phi) is 5.18. The molecule has 0 bridgehead atoms. The first-order valence-corrected chi connectivity index (χ1v) is 7.75. The van der Waals surface area contributed by atoms with E-state index in [4.69, 9.17) is 9.72 Å². The molecule has 0 saturated heterocycles. The first kappa shape index (κ1) is 15.8. The van der Waals surface area contributed by atoms with Crippen molar-refractivity contribution in [2.24, 2.45) is 0 Å². The number of aromatic nitrogens is 1. The van der Waals surface area contributed by atoms with Gasteiger partial charge in [0, 0.05) is 30.4 Å². The van der Waals surface area contributed by atoms with Crippen molar-refractivity contribution >= 4 is 16.6 Å². The normalized spacial score (nSPS) is 11.3. The van der Waals surface area contributed by atoms with E-state index in [-0.39, 0.29) is 0 Å². The number of rotatable bonds is 6. The molecule has 0 amide bonds. The Bertz CT molecular complexity index is 620. The maximum absolute atomic E-state index is 5.22. The fraction of sp³-hybridized carbons (Fsp3) is 0.500. The number of ether oxygens (including phenoxy) is 1. The minimum absolute atomic E-state index is 0.457. The van der Waals surface area contributed by atoms with Crippen molar-refractivity contribution in [3.63, 3.8) is 0 Å². The number of hydrogen-bond acceptors (Lipinski definition) is 3. The summed E-state index contributed by atoms with van der Waals surface area (Å²) < 4.78 is 5.22. The Morgan fingerprint density at radius 3 is 2.67 bits per heavy atom. The number of pyridine rings is 1. The van der Waals surface area contributed by atoms with Gasteiger partial charge >= 0.3 is 0 Å². The highest BCUT2D eigenvalue weighted by Crippen LogP contribution is 2.34. The van der Waals surface area contributed by atoms with E-state index in [1.807, 2.05) is 0 Å². The maximum atomic E-state index is 5.22. The van der Waals surface area contributed by atoms with Crippen molar-refractivity contribution < 1.29 is 4.74 Å². The molecule has 1 heterocycles. The van der Waals surface area contributed by atoms with E-state index in [1.54, 1.807) is 7.11 Å². The number of hydrogen-bond donors (Lipinski definition) is 1. The Morgan fingerprint density at radius 1 is 1.29 bits per heavy atom. The second-order valence-electron chi connectivity index (χ2n) is 5.73. The van der Waals surface area contributed by atoms with Crippen LogP contribution in [0.5, 0.6) is 0 Å². The zero-order valence-electron chi connectivity index (χ0n) is 13.8. The van der Waals surface area contributed by atoms with Gasteiger partial charge in [0.2, 0.25) is 0 Å². The van der Waals surface area contributed by atoms with Gasteiger partial charge in [-0.3, -0.25) is 4.98 Å². The highest BCUT2D eigenvalue weighted by molar-refractivity contribution is 5.95. The molecule has 0 aliphatic carbocycles. The molecule has 0 saturated carbocycles. The lowest BCUT2D eigenvalue weighted by molar-refractivity contribution is 0.202. The third-order valence-corrected chi connectivity index (χ3v) is 3.83. The van der Waals surface area contributed by atoms with Crippen LogP contribution in [0, 0.1) is 6.92 Å². The van der Waals surface area contributed by atoms with E-state index in [9.17, 15) is 0 Å². The smallest absolute Gasteiger partial charge is 0.0758 e. The van der Waals surface area contributed by atoms with Crippen LogP contribution in [0.15, 0.2) is 18.2 Å². The number of nitrogens with one attached hydrogen (secondary N) is 1. The minimum atomic E-state index is 0.457. The lowest BCUT2D eigenvalue weighted by Crippen LogP contribution is -2.08. The predicted octanol–water partition coefficient (Wildman–Crippen LogP) is 4.29. The Morgan fingerprint density at radius 2 is 2.05 bits per heavy atom. The molecule has 1 aromatic heterocycles. The van der Waals surface area contributed by atoms with Gasteiger partial charge in [-0.1, -0.05) is 32.0 Å². The van der Waals surface area contributed by atoms with E-state index in [0.717, 1.165) is 30.8 Å². The fourth-order valence-electron chi connectivity index (χ4n) is 2.97. The summed E-state index contributed by atoms with van der Waals surface area (Å²) in [6, 6.07) is 6.44. The molecular formula is C18H26N2O. The SMILES string of the molecule is CCNc1c(C(C)C)c(C)nc2c(CCOC)cccc12. The highest BCUT2D eigenvalue weighted by Gasteiger charge is 2.16. The van der Waals surface area contributed by atoms with Crippen LogP contribution in [0.3, 0.4) is 0 Å². The molecule has 0 atom stereocenters. The Hall–Kier alpha value is -1.61. The molecule has 0 spiro atoms. The number of anilines is 1. The van der Waals surface area contributed by atoms with Crippen LogP contribution in [0.4, 0.5) is 5.69 Å². The molecule has 114 valence electrons. The summed E-state index contributed by atoms with van der Waals surface area (Å²) in [6.07, 6.45) is 0.896. The first-order valence-electron chi connectivity index (χ1n) is 7.75. The molecular weight excluding hydrogens is 260 g/mol. The highest BCUT2D eigenvalue weighted by atomic mass is 16.5. The van der Waals surface area contributed by atoms with Crippen molar-refractivity contribution in [1.29, 1.82) is 0 Å². The van der Waals surface area contributed by atoms with Gasteiger partial charge < -0.3 is 10.1 Å². The fourth-order valence-corrected chi connectivity index (χ4v) is 2.97. The largest absolute Gasteiger partial charge is 0.384 e. The second-order valence-corrected chi connectivity index (χ2v) is 5.73. The van der Waals surface area contributed by atoms with Crippen LogP contribution >= 0.6 is 0 Å². The van der Waals surface area contributed by atoms with E-state index in [2.05, 4.69) is 51.2 Å². The van der Waals surface area contributed by atoms with Gasteiger partial charge in [-0.25, -0.2) is 0 Å². The molecule has 21 heavy (non-hydrogen) atoms. The van der Waals surface area contributed by atoms with Crippen LogP contribution in [0.25, 0.3) is 10.9 Å². The van der Waals surface area contributed by atoms with Gasteiger partial charge in [0.25, 0.3) is 0 Å². The van der Waals surface area contributed by atoms with Crippen molar-refractivity contribution in [3.05, 3.63) is 35.0 Å². The van der Waals surface area contributed by atoms with Crippen LogP contribution in [0.2, 0.25) is 0 Å². The predicted molar refractivity (Wildman–Crippen MR) is 90.3 cm³/mol. The van der Waals surface area contributed by atoms with Gasteiger partial charge in [0.15, 0.2) is 0 Å². The zero-order chi connectivity index (χ0) is 15.4. The molecule has 3 nitrogen and oxygen atoms in total. The minimum Gasteiger partial charge on any atom is -0.384 e. The average molecular weight is 286 g/mol. The lowest BCUT2D eigenvalue weighted by atomic mass is 9.95. The number of aryl methyl sites for hydroxylation is 1. The Balaban J connectivity index is 2.69. The number of fused-ring (bicyclic) bond motifs is 1. The van der Waals surface area contributed by atoms with E-state index in [1.165, 1.54) is 22.2 Å². The van der Waals surface area contributed by atoms with E-state index < -0.39 is 0 Å². The molecule has 2 rings (SSSR count). The molecule has 1 N–H and O–H groups in total. The monoisotopic (exact) mass is 286 g/mol. The Labute approximate surface area is 127 Å². The molecule has 0 unspecified atom stereocenters. The number of methoxy groups -OCH3 is 1. The molecule has 1 aromatic carbocycles. The summed E-state index contributed by atoms with van der Waals surface area (Å²) >= 11 is 0. The van der Waals surface area contributed by atoms with Gasteiger partial charge in [0.05, 0.1) is 12.1 Å². The summed E-state index contributed by atoms with van der Waals surface area (Å²) in [6.45, 7) is 10.4. The molecule has 0 aliphatic rings. The third-order valence-electron chi connectivity index (χ3n) is 3.83. The summed E-state index contributed by atoms with van der Waals surface area (Å²) in [4.78, 5) is 4.90. The topological polar surface area (TPSA) is 34.2 Å². The average Bonchev–Trinajstić information content (AvgIpc) is 2.45. The first-order chi connectivity index (χ1) is 10.1. The quantitative estimate of drug-likeness (QED) is 0.860. The lowest BCUT2D eigenvalue weighted by Gasteiger charge is -2.20. The molecule has 0 radical (unpaired) electrons. The summed E-state index contributed by atoms with van der Waals surface area (Å²) in [5.41, 5.74) is 6.06. The molecule has 2 aromatic rings. The van der Waals surface area contributed by atoms with Gasteiger partial charge in [-0.2, -0.15) is 0 Å². The number of nitrogens with zero attached hydrogens (tertiary/aromatic N) is 1. The van der Waals surface area contributed by atoms with Gasteiger partial charge in [0.1, 0.15) is 0 Å². The number of benzene rings is 1. The number of para-hydroxylation sites is 1. The summed E-state index contributed by atoms with van der Waals surface area (Å²) in [5, 5.41) is 4.78. The maximum Gasteiger partial charge on any atom is 0.0758 e. The van der Waals surface area contributed by atoms with E-state index in [0.29, 0.717) is 5.92 Å². The van der Waals surface area contributed by atoms with Crippen LogP contribution < -0.4 is 5.32 Å². The van der Waals surface area contributed by atoms with Crippen LogP contribution in [0.1, 0.15) is 43.5 Å². The van der Waals surface area contributed by atoms with Crippen molar-refractivity contribution in [1.82, 2.24) is 4.98 Å². The standard InChI is InChI=1S/C18H26N2O/c1-6-19-18-15-9-7-8-14(10-11-21-5)17(15)20-13(4)16(18)12(2)3/h7-9,12H,6,10-11H2,1-5H3,(H,19,20). The van der Waals surface area contributed by atoms with Crippen LogP contribution in [-0.4, -0.2) is 25.2 Å². The summed E-state index contributed by atoms with van der Waals surface area (Å²) in [5.74, 6) is 0.457. The van der Waals surface area contributed by atoms with Gasteiger partial charge in [-0.15, -0.1) is 0 Å². The second kappa shape index (κ2) is 6.90. The van der Waals surface area contributed by atoms with Crippen molar-refractivity contribution in [2.75, 3.05) is 25.6 Å². The zero-order valence-corrected chi connectivity index (χ0v) is 13.8. The summed E-state index contributed by atoms with van der Waals surface area (Å²) in [7, 11) is 1.74. The molecule has 0 aliphatic heterocycles. The van der Waals surface area contributed by atoms with Crippen LogP contribution in [-0.2, 0) is 11.2 Å². The molecule has 3 heteroatoms. The van der Waals surface area contributed by atoms with E-state index >= 15 is 0 Å².